The summed E-state index contributed by atoms with van der Waals surface area (Å²) in [6.45, 7) is 5.88. The van der Waals surface area contributed by atoms with E-state index in [4.69, 9.17) is 19.9 Å². The molecule has 1 atom stereocenters. The molecule has 2 N–H and O–H groups in total. The number of fused-ring (bicyclic) bond motifs is 1. The molecular weight excluding hydrogens is 416 g/mol. The fraction of sp³-hybridized carbons (Fsp3) is 0.111. The SMILES string of the molecule is C=CCOc1cccc(C2C(C#N)=C(N)Oc3cc(OC(=O)c4ccccc4C)ccc32)c1. The Hall–Kier alpha value is -4.50. The third kappa shape index (κ3) is 4.43. The Morgan fingerprint density at radius 1 is 1.15 bits per heavy atom. The van der Waals surface area contributed by atoms with Crippen molar-refractivity contribution in [3.63, 3.8) is 0 Å². The molecule has 1 heterocycles. The summed E-state index contributed by atoms with van der Waals surface area (Å²) in [7, 11) is 0. The standard InChI is InChI=1S/C27H22N2O4/c1-3-13-31-19-9-6-8-18(14-19)25-22-12-11-20(15-24(22)33-26(29)23(25)16-28)32-27(30)21-10-5-4-7-17(21)2/h3-12,14-15,25H,1,13,29H2,2H3. The Kier molecular flexibility index (Phi) is 6.14. The Morgan fingerprint density at radius 2 is 1.97 bits per heavy atom. The predicted molar refractivity (Wildman–Crippen MR) is 124 cm³/mol. The van der Waals surface area contributed by atoms with Gasteiger partial charge in [-0.25, -0.2) is 4.79 Å². The summed E-state index contributed by atoms with van der Waals surface area (Å²) in [6.07, 6.45) is 1.66. The number of ether oxygens (including phenoxy) is 3. The van der Waals surface area contributed by atoms with Crippen LogP contribution in [0.4, 0.5) is 0 Å². The first-order chi connectivity index (χ1) is 16.0. The smallest absolute Gasteiger partial charge is 0.343 e. The second kappa shape index (κ2) is 9.33. The van der Waals surface area contributed by atoms with Crippen LogP contribution in [-0.4, -0.2) is 12.6 Å². The van der Waals surface area contributed by atoms with E-state index in [1.807, 2.05) is 43.3 Å². The van der Waals surface area contributed by atoms with Crippen molar-refractivity contribution in [3.8, 4) is 23.3 Å². The van der Waals surface area contributed by atoms with E-state index >= 15 is 0 Å². The molecule has 4 rings (SSSR count). The van der Waals surface area contributed by atoms with Gasteiger partial charge in [0.15, 0.2) is 0 Å². The minimum absolute atomic E-state index is 0.00907. The predicted octanol–water partition coefficient (Wildman–Crippen LogP) is 5.00. The normalized spacial score (nSPS) is 14.5. The van der Waals surface area contributed by atoms with Gasteiger partial charge in [-0.1, -0.05) is 49.1 Å². The summed E-state index contributed by atoms with van der Waals surface area (Å²) >= 11 is 0. The molecule has 1 unspecified atom stereocenters. The number of nitriles is 1. The molecule has 0 radical (unpaired) electrons. The van der Waals surface area contributed by atoms with Crippen molar-refractivity contribution >= 4 is 5.97 Å². The molecule has 1 aliphatic rings. The van der Waals surface area contributed by atoms with Crippen LogP contribution in [0.2, 0.25) is 0 Å². The molecule has 0 aliphatic carbocycles. The number of allylic oxidation sites excluding steroid dienone is 1. The summed E-state index contributed by atoms with van der Waals surface area (Å²) in [5.41, 5.74) is 9.26. The Morgan fingerprint density at radius 3 is 2.73 bits per heavy atom. The van der Waals surface area contributed by atoms with Crippen molar-refractivity contribution in [2.75, 3.05) is 6.61 Å². The van der Waals surface area contributed by atoms with Gasteiger partial charge in [-0.2, -0.15) is 5.26 Å². The zero-order chi connectivity index (χ0) is 23.4. The number of carbonyl (C=O) groups excluding carboxylic acids is 1. The molecule has 0 spiro atoms. The van der Waals surface area contributed by atoms with Crippen LogP contribution in [0.5, 0.6) is 17.2 Å². The Bertz CT molecular complexity index is 1300. The third-order valence-corrected chi connectivity index (χ3v) is 5.33. The van der Waals surface area contributed by atoms with Gasteiger partial charge >= 0.3 is 5.97 Å². The third-order valence-electron chi connectivity index (χ3n) is 5.33. The van der Waals surface area contributed by atoms with E-state index in [0.29, 0.717) is 35.0 Å². The van der Waals surface area contributed by atoms with Gasteiger partial charge in [0, 0.05) is 11.6 Å². The highest BCUT2D eigenvalue weighted by Gasteiger charge is 2.31. The van der Waals surface area contributed by atoms with E-state index in [-0.39, 0.29) is 5.88 Å². The van der Waals surface area contributed by atoms with Gasteiger partial charge in [-0.05, 0) is 42.3 Å². The molecule has 0 fully saturated rings. The first kappa shape index (κ1) is 21.7. The van der Waals surface area contributed by atoms with Crippen molar-refractivity contribution < 1.29 is 19.0 Å². The number of nitrogens with zero attached hydrogens (tertiary/aromatic N) is 1. The average Bonchev–Trinajstić information content (AvgIpc) is 2.82. The van der Waals surface area contributed by atoms with Crippen LogP contribution in [0.3, 0.4) is 0 Å². The quantitative estimate of drug-likeness (QED) is 0.331. The van der Waals surface area contributed by atoms with Gasteiger partial charge < -0.3 is 19.9 Å². The van der Waals surface area contributed by atoms with Crippen LogP contribution in [0, 0.1) is 18.3 Å². The largest absolute Gasteiger partial charge is 0.490 e. The lowest BCUT2D eigenvalue weighted by molar-refractivity contribution is 0.0733. The van der Waals surface area contributed by atoms with Gasteiger partial charge in [0.05, 0.1) is 11.5 Å². The molecule has 0 saturated carbocycles. The van der Waals surface area contributed by atoms with Gasteiger partial charge in [-0.15, -0.1) is 0 Å². The summed E-state index contributed by atoms with van der Waals surface area (Å²) < 4.78 is 17.0. The van der Waals surface area contributed by atoms with Crippen LogP contribution >= 0.6 is 0 Å². The molecule has 0 amide bonds. The molecule has 164 valence electrons. The van der Waals surface area contributed by atoms with E-state index in [1.165, 1.54) is 0 Å². The van der Waals surface area contributed by atoms with Gasteiger partial charge in [-0.3, -0.25) is 0 Å². The molecule has 6 nitrogen and oxygen atoms in total. The van der Waals surface area contributed by atoms with Crippen LogP contribution in [0.1, 0.15) is 33.0 Å². The summed E-state index contributed by atoms with van der Waals surface area (Å²) in [5, 5.41) is 9.77. The monoisotopic (exact) mass is 438 g/mol. The molecule has 1 aliphatic heterocycles. The van der Waals surface area contributed by atoms with Crippen molar-refractivity contribution in [1.29, 1.82) is 5.26 Å². The van der Waals surface area contributed by atoms with Crippen molar-refractivity contribution in [1.82, 2.24) is 0 Å². The molecular formula is C27H22N2O4. The second-order valence-electron chi connectivity index (χ2n) is 7.50. The zero-order valence-corrected chi connectivity index (χ0v) is 18.1. The van der Waals surface area contributed by atoms with E-state index in [0.717, 1.165) is 16.7 Å². The fourth-order valence-electron chi connectivity index (χ4n) is 3.75. The topological polar surface area (TPSA) is 94.6 Å². The lowest BCUT2D eigenvalue weighted by Crippen LogP contribution is -2.21. The molecule has 0 aromatic heterocycles. The maximum absolute atomic E-state index is 12.6. The number of carbonyl (C=O) groups is 1. The van der Waals surface area contributed by atoms with Crippen LogP contribution in [0.25, 0.3) is 0 Å². The highest BCUT2D eigenvalue weighted by Crippen LogP contribution is 2.44. The highest BCUT2D eigenvalue weighted by atomic mass is 16.5. The Balaban J connectivity index is 1.69. The lowest BCUT2D eigenvalue weighted by Gasteiger charge is -2.27. The number of esters is 1. The maximum atomic E-state index is 12.6. The van der Waals surface area contributed by atoms with E-state index in [2.05, 4.69) is 12.6 Å². The molecule has 6 heteroatoms. The van der Waals surface area contributed by atoms with Crippen LogP contribution < -0.4 is 19.9 Å². The number of benzene rings is 3. The minimum Gasteiger partial charge on any atom is -0.490 e. The van der Waals surface area contributed by atoms with Gasteiger partial charge in [0.2, 0.25) is 5.88 Å². The fourth-order valence-corrected chi connectivity index (χ4v) is 3.75. The van der Waals surface area contributed by atoms with Gasteiger partial charge in [0.25, 0.3) is 0 Å². The molecule has 0 bridgehead atoms. The molecule has 3 aromatic rings. The molecule has 33 heavy (non-hydrogen) atoms. The maximum Gasteiger partial charge on any atom is 0.343 e. The van der Waals surface area contributed by atoms with Crippen LogP contribution in [-0.2, 0) is 0 Å². The average molecular weight is 438 g/mol. The van der Waals surface area contributed by atoms with E-state index in [9.17, 15) is 10.1 Å². The molecule has 3 aromatic carbocycles. The van der Waals surface area contributed by atoms with Gasteiger partial charge in [0.1, 0.15) is 35.5 Å². The number of hydrogen-bond donors (Lipinski definition) is 1. The van der Waals surface area contributed by atoms with E-state index < -0.39 is 11.9 Å². The number of rotatable bonds is 6. The van der Waals surface area contributed by atoms with Crippen molar-refractivity contribution in [3.05, 3.63) is 113 Å². The number of aryl methyl sites for hydroxylation is 1. The van der Waals surface area contributed by atoms with Crippen molar-refractivity contribution in [2.24, 2.45) is 5.73 Å². The molecule has 0 saturated heterocycles. The van der Waals surface area contributed by atoms with Crippen molar-refractivity contribution in [2.45, 2.75) is 12.8 Å². The zero-order valence-electron chi connectivity index (χ0n) is 18.1. The number of hydrogen-bond acceptors (Lipinski definition) is 6. The first-order valence-corrected chi connectivity index (χ1v) is 10.3. The minimum atomic E-state index is -0.464. The lowest BCUT2D eigenvalue weighted by atomic mass is 9.83. The Labute approximate surface area is 192 Å². The first-order valence-electron chi connectivity index (χ1n) is 10.3. The second-order valence-corrected chi connectivity index (χ2v) is 7.50. The summed E-state index contributed by atoms with van der Waals surface area (Å²) in [6, 6.07) is 21.9. The van der Waals surface area contributed by atoms with E-state index in [1.54, 1.807) is 36.4 Å². The highest BCUT2D eigenvalue weighted by molar-refractivity contribution is 5.92. The summed E-state index contributed by atoms with van der Waals surface area (Å²) in [4.78, 5) is 12.6. The van der Waals surface area contributed by atoms with Crippen LogP contribution in [0.15, 0.2) is 90.8 Å². The number of nitrogens with two attached hydrogens (primary N) is 1. The summed E-state index contributed by atoms with van der Waals surface area (Å²) in [5.74, 6) is 0.483.